The minimum absolute atomic E-state index is 0.0718. The third-order valence-electron chi connectivity index (χ3n) is 3.89. The Kier molecular flexibility index (Phi) is 2.08. The van der Waals surface area contributed by atoms with Crippen molar-refractivity contribution in [1.29, 1.82) is 0 Å². The van der Waals surface area contributed by atoms with E-state index in [0.29, 0.717) is 11.8 Å². The van der Waals surface area contributed by atoms with Crippen molar-refractivity contribution in [2.24, 2.45) is 11.8 Å². The summed E-state index contributed by atoms with van der Waals surface area (Å²) in [6.45, 7) is 1.50. The molecule has 0 amide bonds. The molecular weight excluding hydrogens is 180 g/mol. The largest absolute Gasteiger partial charge is 0.393 e. The maximum absolute atomic E-state index is 9.66. The summed E-state index contributed by atoms with van der Waals surface area (Å²) in [5.74, 6) is 0.986. The Morgan fingerprint density at radius 1 is 0.929 bits per heavy atom. The van der Waals surface area contributed by atoms with Crippen LogP contribution in [0.25, 0.3) is 0 Å². The van der Waals surface area contributed by atoms with Gasteiger partial charge in [-0.25, -0.2) is 0 Å². The van der Waals surface area contributed by atoms with Gasteiger partial charge in [-0.1, -0.05) is 0 Å². The summed E-state index contributed by atoms with van der Waals surface area (Å²) >= 11 is 0. The first kappa shape index (κ1) is 9.13. The Labute approximate surface area is 84.4 Å². The van der Waals surface area contributed by atoms with E-state index < -0.39 is 0 Å². The molecule has 3 aliphatic rings. The first-order valence-electron chi connectivity index (χ1n) is 5.72. The number of aliphatic hydroxyl groups excluding tert-OH is 1. The number of rotatable bonds is 0. The van der Waals surface area contributed by atoms with Gasteiger partial charge in [0.15, 0.2) is 5.79 Å². The molecule has 1 saturated heterocycles. The van der Waals surface area contributed by atoms with Crippen molar-refractivity contribution in [1.82, 2.24) is 0 Å². The second kappa shape index (κ2) is 3.19. The molecule has 0 aromatic rings. The molecule has 3 atom stereocenters. The Hall–Kier alpha value is -0.120. The van der Waals surface area contributed by atoms with Gasteiger partial charge >= 0.3 is 0 Å². The quantitative estimate of drug-likeness (QED) is 0.637. The highest BCUT2D eigenvalue weighted by Gasteiger charge is 2.47. The standard InChI is InChI=1S/C11H18O3/c12-10-4-8-3-9(5-10)7-11(6-8)13-1-2-14-11/h8-10,12H,1-7H2/t8-,9+,10?. The van der Waals surface area contributed by atoms with Crippen molar-refractivity contribution in [3.8, 4) is 0 Å². The van der Waals surface area contributed by atoms with Gasteiger partial charge < -0.3 is 14.6 Å². The number of ether oxygens (including phenoxy) is 2. The van der Waals surface area contributed by atoms with Gasteiger partial charge in [0, 0.05) is 12.8 Å². The zero-order chi connectivity index (χ0) is 9.60. The smallest absolute Gasteiger partial charge is 0.169 e. The van der Waals surface area contributed by atoms with E-state index in [1.165, 1.54) is 6.42 Å². The van der Waals surface area contributed by atoms with Crippen LogP contribution in [0.5, 0.6) is 0 Å². The van der Waals surface area contributed by atoms with Gasteiger partial charge in [0.2, 0.25) is 0 Å². The van der Waals surface area contributed by atoms with Gasteiger partial charge in [0.25, 0.3) is 0 Å². The van der Waals surface area contributed by atoms with Crippen molar-refractivity contribution >= 4 is 0 Å². The van der Waals surface area contributed by atoms with E-state index in [9.17, 15) is 5.11 Å². The summed E-state index contributed by atoms with van der Waals surface area (Å²) in [4.78, 5) is 0. The fourth-order valence-corrected chi connectivity index (χ4v) is 3.56. The summed E-state index contributed by atoms with van der Waals surface area (Å²) in [6.07, 6.45) is 5.10. The molecule has 3 fully saturated rings. The molecule has 0 aromatic heterocycles. The van der Waals surface area contributed by atoms with Gasteiger partial charge in [-0.3, -0.25) is 0 Å². The average molecular weight is 198 g/mol. The number of hydrogen-bond acceptors (Lipinski definition) is 3. The van der Waals surface area contributed by atoms with Crippen LogP contribution in [0.2, 0.25) is 0 Å². The number of hydrogen-bond donors (Lipinski definition) is 1. The van der Waals surface area contributed by atoms with Crippen LogP contribution >= 0.6 is 0 Å². The zero-order valence-electron chi connectivity index (χ0n) is 8.45. The highest BCUT2D eigenvalue weighted by atomic mass is 16.7. The van der Waals surface area contributed by atoms with Gasteiger partial charge in [-0.15, -0.1) is 0 Å². The van der Waals surface area contributed by atoms with Gasteiger partial charge in [0.05, 0.1) is 19.3 Å². The summed E-state index contributed by atoms with van der Waals surface area (Å²) in [7, 11) is 0. The SMILES string of the molecule is OC1C[C@@H]2C[C@H](C1)CC1(C2)OCCO1. The maximum Gasteiger partial charge on any atom is 0.169 e. The van der Waals surface area contributed by atoms with E-state index in [1.54, 1.807) is 0 Å². The second-order valence-electron chi connectivity index (χ2n) is 5.11. The lowest BCUT2D eigenvalue weighted by molar-refractivity contribution is -0.209. The van der Waals surface area contributed by atoms with Gasteiger partial charge in [-0.05, 0) is 31.1 Å². The highest BCUT2D eigenvalue weighted by Crippen LogP contribution is 2.47. The molecule has 14 heavy (non-hydrogen) atoms. The van der Waals surface area contributed by atoms with Crippen molar-refractivity contribution in [2.45, 2.75) is 44.0 Å². The van der Waals surface area contributed by atoms with Crippen LogP contribution in [0.3, 0.4) is 0 Å². The molecule has 3 nitrogen and oxygen atoms in total. The summed E-state index contributed by atoms with van der Waals surface area (Å²) in [5.41, 5.74) is 0. The minimum atomic E-state index is -0.256. The number of fused-ring (bicyclic) bond motifs is 2. The Balaban J connectivity index is 1.75. The Morgan fingerprint density at radius 3 is 2.07 bits per heavy atom. The predicted molar refractivity (Wildman–Crippen MR) is 50.7 cm³/mol. The van der Waals surface area contributed by atoms with E-state index in [4.69, 9.17) is 9.47 Å². The highest BCUT2D eigenvalue weighted by molar-refractivity contribution is 4.92. The van der Waals surface area contributed by atoms with Crippen LogP contribution in [-0.2, 0) is 9.47 Å². The topological polar surface area (TPSA) is 38.7 Å². The molecule has 0 aromatic carbocycles. The molecular formula is C11H18O3. The second-order valence-corrected chi connectivity index (χ2v) is 5.11. The molecule has 1 N–H and O–H groups in total. The van der Waals surface area contributed by atoms with Crippen LogP contribution in [-0.4, -0.2) is 30.2 Å². The van der Waals surface area contributed by atoms with Crippen molar-refractivity contribution in [3.63, 3.8) is 0 Å². The lowest BCUT2D eigenvalue weighted by Gasteiger charge is -2.45. The average Bonchev–Trinajstić information content (AvgIpc) is 2.50. The van der Waals surface area contributed by atoms with Gasteiger partial charge in [-0.2, -0.15) is 0 Å². The molecule has 1 unspecified atom stereocenters. The molecule has 2 aliphatic carbocycles. The molecule has 1 aliphatic heterocycles. The third-order valence-corrected chi connectivity index (χ3v) is 3.89. The van der Waals surface area contributed by atoms with Crippen molar-refractivity contribution in [2.75, 3.05) is 13.2 Å². The van der Waals surface area contributed by atoms with Crippen LogP contribution < -0.4 is 0 Å². The fraction of sp³-hybridized carbons (Fsp3) is 1.00. The molecule has 1 heterocycles. The predicted octanol–water partition coefficient (Wildman–Crippen LogP) is 1.30. The lowest BCUT2D eigenvalue weighted by Crippen LogP contribution is -2.44. The molecule has 3 rings (SSSR count). The van der Waals surface area contributed by atoms with Crippen molar-refractivity contribution in [3.05, 3.63) is 0 Å². The van der Waals surface area contributed by atoms with Crippen molar-refractivity contribution < 1.29 is 14.6 Å². The van der Waals surface area contributed by atoms with E-state index in [1.807, 2.05) is 0 Å². The minimum Gasteiger partial charge on any atom is -0.393 e. The van der Waals surface area contributed by atoms with Crippen LogP contribution in [0, 0.1) is 11.8 Å². The molecule has 0 radical (unpaired) electrons. The lowest BCUT2D eigenvalue weighted by atomic mass is 9.69. The molecule has 3 heteroatoms. The van der Waals surface area contributed by atoms with E-state index >= 15 is 0 Å². The Morgan fingerprint density at radius 2 is 1.50 bits per heavy atom. The first-order valence-corrected chi connectivity index (χ1v) is 5.72. The Bertz CT molecular complexity index is 203. The maximum atomic E-state index is 9.66. The third kappa shape index (κ3) is 1.47. The number of aliphatic hydroxyl groups is 1. The monoisotopic (exact) mass is 198 g/mol. The molecule has 2 saturated carbocycles. The zero-order valence-corrected chi connectivity index (χ0v) is 8.45. The fourth-order valence-electron chi connectivity index (χ4n) is 3.56. The van der Waals surface area contributed by atoms with E-state index in [0.717, 1.165) is 38.9 Å². The first-order chi connectivity index (χ1) is 6.76. The summed E-state index contributed by atoms with van der Waals surface area (Å²) < 4.78 is 11.5. The van der Waals surface area contributed by atoms with Gasteiger partial charge in [0.1, 0.15) is 0 Å². The van der Waals surface area contributed by atoms with Crippen LogP contribution in [0.1, 0.15) is 32.1 Å². The summed E-state index contributed by atoms with van der Waals surface area (Å²) in [6, 6.07) is 0. The molecule has 2 bridgehead atoms. The van der Waals surface area contributed by atoms with E-state index in [2.05, 4.69) is 0 Å². The van der Waals surface area contributed by atoms with Crippen LogP contribution in [0.4, 0.5) is 0 Å². The summed E-state index contributed by atoms with van der Waals surface area (Å²) in [5, 5.41) is 9.66. The molecule has 1 spiro atoms. The van der Waals surface area contributed by atoms with E-state index in [-0.39, 0.29) is 11.9 Å². The normalized spacial score (nSPS) is 45.6. The molecule has 80 valence electrons. The van der Waals surface area contributed by atoms with Crippen LogP contribution in [0.15, 0.2) is 0 Å².